The molecule has 0 aliphatic carbocycles. The van der Waals surface area contributed by atoms with Crippen LogP contribution in [0.3, 0.4) is 0 Å². The summed E-state index contributed by atoms with van der Waals surface area (Å²) in [5.41, 5.74) is 1.56. The maximum atomic E-state index is 13.4. The number of benzene rings is 1. The van der Waals surface area contributed by atoms with Crippen LogP contribution in [-0.2, 0) is 18.3 Å². The van der Waals surface area contributed by atoms with Gasteiger partial charge in [0.1, 0.15) is 11.6 Å². The summed E-state index contributed by atoms with van der Waals surface area (Å²) in [6, 6.07) is 4.60. The van der Waals surface area contributed by atoms with Crippen molar-refractivity contribution in [3.63, 3.8) is 0 Å². The smallest absolute Gasteiger partial charge is 0.220 e. The van der Waals surface area contributed by atoms with E-state index < -0.39 is 0 Å². The van der Waals surface area contributed by atoms with Crippen LogP contribution in [0.4, 0.5) is 4.39 Å². The van der Waals surface area contributed by atoms with Crippen LogP contribution in [0, 0.1) is 17.7 Å². The van der Waals surface area contributed by atoms with Gasteiger partial charge in [0.2, 0.25) is 5.91 Å². The van der Waals surface area contributed by atoms with E-state index in [2.05, 4.69) is 22.5 Å². The number of rotatable bonds is 6. The van der Waals surface area contributed by atoms with E-state index >= 15 is 0 Å². The monoisotopic (exact) mass is 346 g/mol. The van der Waals surface area contributed by atoms with Gasteiger partial charge in [-0.05, 0) is 56.0 Å². The van der Waals surface area contributed by atoms with Gasteiger partial charge in [0.25, 0.3) is 0 Å². The lowest BCUT2D eigenvalue weighted by atomic mass is 9.84. The number of hydrogen-bond acceptors (Lipinski definition) is 3. The molecule has 6 heteroatoms. The number of imidazole rings is 1. The van der Waals surface area contributed by atoms with E-state index in [0.29, 0.717) is 31.2 Å². The molecule has 3 rings (SSSR count). The average molecular weight is 346 g/mol. The molecule has 0 bridgehead atoms. The molecule has 1 saturated heterocycles. The van der Waals surface area contributed by atoms with E-state index in [0.717, 1.165) is 42.8 Å². The Morgan fingerprint density at radius 3 is 2.96 bits per heavy atom. The zero-order chi connectivity index (χ0) is 17.8. The van der Waals surface area contributed by atoms with Crippen LogP contribution in [-0.4, -0.2) is 35.1 Å². The topological polar surface area (TPSA) is 59.0 Å². The van der Waals surface area contributed by atoms with E-state index in [1.165, 1.54) is 12.1 Å². The summed E-state index contributed by atoms with van der Waals surface area (Å²) in [6.45, 7) is 4.85. The summed E-state index contributed by atoms with van der Waals surface area (Å²) < 4.78 is 15.2. The van der Waals surface area contributed by atoms with E-state index in [1.54, 1.807) is 6.07 Å². The van der Waals surface area contributed by atoms with Crippen molar-refractivity contribution >= 4 is 16.9 Å². The number of aromatic nitrogens is 2. The van der Waals surface area contributed by atoms with Crippen molar-refractivity contribution in [3.05, 3.63) is 29.8 Å². The van der Waals surface area contributed by atoms with Crippen molar-refractivity contribution in [3.8, 4) is 0 Å². The molecule has 2 aromatic rings. The standard InChI is InChI=1S/C19H27FN4O/c1-13(14-5-8-21-9-6-14)11-19(25)22-10-7-18-23-16-4-3-15(20)12-17(16)24(18)2/h3-4,12-14,21H,5-11H2,1-2H3,(H,22,25). The van der Waals surface area contributed by atoms with E-state index in [9.17, 15) is 9.18 Å². The molecule has 2 N–H and O–H groups in total. The fraction of sp³-hybridized carbons (Fsp3) is 0.579. The summed E-state index contributed by atoms with van der Waals surface area (Å²) in [5, 5.41) is 6.36. The molecule has 0 saturated carbocycles. The Balaban J connectivity index is 1.49. The Kier molecular flexibility index (Phi) is 5.68. The molecule has 1 unspecified atom stereocenters. The number of carbonyl (C=O) groups excluding carboxylic acids is 1. The summed E-state index contributed by atoms with van der Waals surface area (Å²) in [5.74, 6) is 1.76. The SMILES string of the molecule is CC(CC(=O)NCCc1nc2ccc(F)cc2n1C)C1CCNCC1. The van der Waals surface area contributed by atoms with Crippen LogP contribution in [0.1, 0.15) is 32.0 Å². The Labute approximate surface area is 148 Å². The van der Waals surface area contributed by atoms with Crippen LogP contribution >= 0.6 is 0 Å². The number of nitrogens with one attached hydrogen (secondary N) is 2. The van der Waals surface area contributed by atoms with E-state index in [1.807, 2.05) is 11.6 Å². The van der Waals surface area contributed by atoms with Crippen molar-refractivity contribution in [2.24, 2.45) is 18.9 Å². The molecule has 1 aliphatic heterocycles. The average Bonchev–Trinajstić information content (AvgIpc) is 2.91. The van der Waals surface area contributed by atoms with E-state index in [4.69, 9.17) is 0 Å². The minimum Gasteiger partial charge on any atom is -0.356 e. The van der Waals surface area contributed by atoms with Gasteiger partial charge in [0.05, 0.1) is 11.0 Å². The van der Waals surface area contributed by atoms with Gasteiger partial charge >= 0.3 is 0 Å². The first kappa shape index (κ1) is 17.9. The molecule has 136 valence electrons. The molecule has 5 nitrogen and oxygen atoms in total. The summed E-state index contributed by atoms with van der Waals surface area (Å²) in [7, 11) is 1.88. The number of hydrogen-bond donors (Lipinski definition) is 2. The molecule has 0 spiro atoms. The Morgan fingerprint density at radius 1 is 1.44 bits per heavy atom. The maximum Gasteiger partial charge on any atom is 0.220 e. The summed E-state index contributed by atoms with van der Waals surface area (Å²) in [6.07, 6.45) is 3.54. The Bertz CT molecular complexity index is 736. The molecule has 1 fully saturated rings. The normalized spacial score (nSPS) is 16.9. The lowest BCUT2D eigenvalue weighted by Gasteiger charge is -2.27. The van der Waals surface area contributed by atoms with Gasteiger partial charge in [-0.25, -0.2) is 9.37 Å². The second kappa shape index (κ2) is 7.95. The Hall–Kier alpha value is -1.95. The number of fused-ring (bicyclic) bond motifs is 1. The molecule has 1 aromatic heterocycles. The van der Waals surface area contributed by atoms with Crippen molar-refractivity contribution in [2.75, 3.05) is 19.6 Å². The fourth-order valence-corrected chi connectivity index (χ4v) is 3.69. The maximum absolute atomic E-state index is 13.4. The molecule has 0 radical (unpaired) electrons. The number of nitrogens with zero attached hydrogens (tertiary/aromatic N) is 2. The number of aryl methyl sites for hydroxylation is 1. The number of halogens is 1. The minimum absolute atomic E-state index is 0.107. The second-order valence-corrected chi connectivity index (χ2v) is 7.09. The predicted octanol–water partition coefficient (Wildman–Crippen LogP) is 2.40. The predicted molar refractivity (Wildman–Crippen MR) is 96.8 cm³/mol. The molecule has 2 heterocycles. The summed E-state index contributed by atoms with van der Waals surface area (Å²) in [4.78, 5) is 16.7. The first-order valence-corrected chi connectivity index (χ1v) is 9.13. The minimum atomic E-state index is -0.262. The van der Waals surface area contributed by atoms with Crippen LogP contribution < -0.4 is 10.6 Å². The van der Waals surface area contributed by atoms with Crippen molar-refractivity contribution in [1.29, 1.82) is 0 Å². The Morgan fingerprint density at radius 2 is 2.20 bits per heavy atom. The zero-order valence-corrected chi connectivity index (χ0v) is 15.0. The van der Waals surface area contributed by atoms with Crippen LogP contribution in [0.25, 0.3) is 11.0 Å². The third-order valence-electron chi connectivity index (χ3n) is 5.30. The van der Waals surface area contributed by atoms with Gasteiger partial charge in [0, 0.05) is 26.4 Å². The third-order valence-corrected chi connectivity index (χ3v) is 5.30. The number of piperidine rings is 1. The zero-order valence-electron chi connectivity index (χ0n) is 15.0. The van der Waals surface area contributed by atoms with Gasteiger partial charge in [-0.2, -0.15) is 0 Å². The van der Waals surface area contributed by atoms with Crippen LogP contribution in [0.15, 0.2) is 18.2 Å². The highest BCUT2D eigenvalue weighted by molar-refractivity contribution is 5.77. The second-order valence-electron chi connectivity index (χ2n) is 7.09. The molecule has 1 aliphatic rings. The quantitative estimate of drug-likeness (QED) is 0.844. The van der Waals surface area contributed by atoms with E-state index in [-0.39, 0.29) is 11.7 Å². The highest BCUT2D eigenvalue weighted by Crippen LogP contribution is 2.24. The van der Waals surface area contributed by atoms with Crippen molar-refractivity contribution < 1.29 is 9.18 Å². The van der Waals surface area contributed by atoms with Gasteiger partial charge in [-0.3, -0.25) is 4.79 Å². The van der Waals surface area contributed by atoms with Gasteiger partial charge in [-0.15, -0.1) is 0 Å². The van der Waals surface area contributed by atoms with Crippen molar-refractivity contribution in [2.45, 2.75) is 32.6 Å². The molecular formula is C19H27FN4O. The lowest BCUT2D eigenvalue weighted by Crippen LogP contribution is -2.34. The van der Waals surface area contributed by atoms with Gasteiger partial charge in [0.15, 0.2) is 0 Å². The van der Waals surface area contributed by atoms with Crippen LogP contribution in [0.5, 0.6) is 0 Å². The highest BCUT2D eigenvalue weighted by Gasteiger charge is 2.21. The lowest BCUT2D eigenvalue weighted by molar-refractivity contribution is -0.122. The van der Waals surface area contributed by atoms with Crippen LogP contribution in [0.2, 0.25) is 0 Å². The molecule has 1 amide bonds. The van der Waals surface area contributed by atoms with Gasteiger partial charge < -0.3 is 15.2 Å². The van der Waals surface area contributed by atoms with Gasteiger partial charge in [-0.1, -0.05) is 6.92 Å². The first-order valence-electron chi connectivity index (χ1n) is 9.13. The number of carbonyl (C=O) groups is 1. The molecule has 25 heavy (non-hydrogen) atoms. The molecular weight excluding hydrogens is 319 g/mol. The summed E-state index contributed by atoms with van der Waals surface area (Å²) >= 11 is 0. The first-order chi connectivity index (χ1) is 12.0. The fourth-order valence-electron chi connectivity index (χ4n) is 3.69. The number of amides is 1. The molecule has 1 aromatic carbocycles. The third kappa shape index (κ3) is 4.37. The molecule has 1 atom stereocenters. The largest absolute Gasteiger partial charge is 0.356 e. The highest BCUT2D eigenvalue weighted by atomic mass is 19.1. The van der Waals surface area contributed by atoms with Crippen molar-refractivity contribution in [1.82, 2.24) is 20.2 Å².